The van der Waals surface area contributed by atoms with Crippen LogP contribution in [0.25, 0.3) is 5.52 Å². The fraction of sp³-hybridized carbons (Fsp3) is 0.333. The van der Waals surface area contributed by atoms with Crippen molar-refractivity contribution < 1.29 is 0 Å². The summed E-state index contributed by atoms with van der Waals surface area (Å²) in [5.74, 6) is 0. The summed E-state index contributed by atoms with van der Waals surface area (Å²) in [5, 5.41) is 7.22. The van der Waals surface area contributed by atoms with E-state index in [-0.39, 0.29) is 0 Å². The molecule has 0 atom stereocenters. The van der Waals surface area contributed by atoms with Crippen LogP contribution in [0.2, 0.25) is 0 Å². The van der Waals surface area contributed by atoms with Crippen LogP contribution in [0, 0.1) is 0 Å². The smallest absolute Gasteiger partial charge is 0.136 e. The van der Waals surface area contributed by atoms with Crippen LogP contribution >= 0.6 is 0 Å². The lowest BCUT2D eigenvalue weighted by molar-refractivity contribution is 0.793. The van der Waals surface area contributed by atoms with E-state index in [4.69, 9.17) is 0 Å². The highest BCUT2D eigenvalue weighted by atomic mass is 15.2. The van der Waals surface area contributed by atoms with Crippen LogP contribution in [0.3, 0.4) is 0 Å². The number of hydrogen-bond donors (Lipinski definition) is 1. The molecule has 4 nitrogen and oxygen atoms in total. The summed E-state index contributed by atoms with van der Waals surface area (Å²) >= 11 is 0. The molecule has 0 amide bonds. The molecule has 0 spiro atoms. The molecule has 2 aromatic heterocycles. The van der Waals surface area contributed by atoms with Crippen LogP contribution in [0.5, 0.6) is 0 Å². The van der Waals surface area contributed by atoms with Gasteiger partial charge in [-0.25, -0.2) is 9.50 Å². The fourth-order valence-corrected chi connectivity index (χ4v) is 1.38. The van der Waals surface area contributed by atoms with E-state index in [2.05, 4.69) is 21.5 Å². The van der Waals surface area contributed by atoms with Crippen molar-refractivity contribution in [1.82, 2.24) is 19.9 Å². The van der Waals surface area contributed by atoms with Gasteiger partial charge >= 0.3 is 0 Å². The zero-order valence-electron chi connectivity index (χ0n) is 7.57. The maximum atomic E-state index is 4.10. The van der Waals surface area contributed by atoms with Crippen LogP contribution in [-0.4, -0.2) is 28.2 Å². The third-order valence-corrected chi connectivity index (χ3v) is 2.08. The van der Waals surface area contributed by atoms with Gasteiger partial charge in [-0.05, 0) is 31.6 Å². The number of nitrogens with one attached hydrogen (secondary N) is 1. The van der Waals surface area contributed by atoms with E-state index < -0.39 is 0 Å². The summed E-state index contributed by atoms with van der Waals surface area (Å²) < 4.78 is 1.85. The molecule has 0 fully saturated rings. The molecule has 0 bridgehead atoms. The van der Waals surface area contributed by atoms with Crippen LogP contribution in [0.4, 0.5) is 0 Å². The highest BCUT2D eigenvalue weighted by Crippen LogP contribution is 2.09. The Morgan fingerprint density at radius 3 is 3.31 bits per heavy atom. The minimum Gasteiger partial charge on any atom is -0.319 e. The van der Waals surface area contributed by atoms with Crippen molar-refractivity contribution in [3.05, 3.63) is 30.4 Å². The molecule has 0 saturated heterocycles. The van der Waals surface area contributed by atoms with Gasteiger partial charge in [0, 0.05) is 6.20 Å². The lowest BCUT2D eigenvalue weighted by Gasteiger charge is -1.97. The quantitative estimate of drug-likeness (QED) is 0.740. The lowest BCUT2D eigenvalue weighted by Crippen LogP contribution is -2.10. The van der Waals surface area contributed by atoms with Crippen molar-refractivity contribution in [2.75, 3.05) is 13.6 Å². The second-order valence-electron chi connectivity index (χ2n) is 2.93. The minimum atomic E-state index is 0.981. The van der Waals surface area contributed by atoms with Crippen LogP contribution < -0.4 is 5.32 Å². The largest absolute Gasteiger partial charge is 0.319 e. The predicted molar refractivity (Wildman–Crippen MR) is 50.6 cm³/mol. The second-order valence-corrected chi connectivity index (χ2v) is 2.93. The van der Waals surface area contributed by atoms with Gasteiger partial charge < -0.3 is 5.32 Å². The summed E-state index contributed by atoms with van der Waals surface area (Å²) in [4.78, 5) is 4.00. The van der Waals surface area contributed by atoms with Gasteiger partial charge in [-0.15, -0.1) is 0 Å². The summed E-state index contributed by atoms with van der Waals surface area (Å²) in [6.07, 6.45) is 6.37. The van der Waals surface area contributed by atoms with Gasteiger partial charge in [0.1, 0.15) is 6.33 Å². The maximum Gasteiger partial charge on any atom is 0.136 e. The number of fused-ring (bicyclic) bond motifs is 1. The Morgan fingerprint density at radius 1 is 1.54 bits per heavy atom. The maximum absolute atomic E-state index is 4.10. The fourth-order valence-electron chi connectivity index (χ4n) is 1.38. The molecule has 4 heteroatoms. The molecule has 2 aromatic rings. The number of rotatable bonds is 3. The van der Waals surface area contributed by atoms with Crippen molar-refractivity contribution >= 4 is 5.52 Å². The van der Waals surface area contributed by atoms with E-state index in [1.165, 1.54) is 5.56 Å². The van der Waals surface area contributed by atoms with Crippen molar-refractivity contribution in [3.8, 4) is 0 Å². The first-order valence-electron chi connectivity index (χ1n) is 4.32. The number of aromatic nitrogens is 3. The molecule has 13 heavy (non-hydrogen) atoms. The van der Waals surface area contributed by atoms with Gasteiger partial charge in [-0.3, -0.25) is 0 Å². The van der Waals surface area contributed by atoms with Gasteiger partial charge in [0.25, 0.3) is 0 Å². The summed E-state index contributed by atoms with van der Waals surface area (Å²) in [6.45, 7) is 0.981. The van der Waals surface area contributed by atoms with E-state index in [1.54, 1.807) is 6.33 Å². The first-order chi connectivity index (χ1) is 6.42. The Bertz CT molecular complexity index is 393. The molecule has 1 N–H and O–H groups in total. The summed E-state index contributed by atoms with van der Waals surface area (Å²) in [6, 6.07) is 2.08. The van der Waals surface area contributed by atoms with Crippen LogP contribution in [-0.2, 0) is 6.42 Å². The van der Waals surface area contributed by atoms with Crippen LogP contribution in [0.15, 0.2) is 24.8 Å². The van der Waals surface area contributed by atoms with E-state index in [0.717, 1.165) is 18.5 Å². The number of hydrogen-bond acceptors (Lipinski definition) is 3. The van der Waals surface area contributed by atoms with E-state index in [0.29, 0.717) is 0 Å². The molecular formula is C9H12N4. The zero-order valence-corrected chi connectivity index (χ0v) is 7.57. The Hall–Kier alpha value is -1.42. The van der Waals surface area contributed by atoms with Gasteiger partial charge in [0.2, 0.25) is 0 Å². The van der Waals surface area contributed by atoms with E-state index in [1.807, 2.05) is 24.0 Å². The van der Waals surface area contributed by atoms with Gasteiger partial charge in [-0.2, -0.15) is 5.10 Å². The Labute approximate surface area is 76.6 Å². The third-order valence-electron chi connectivity index (χ3n) is 2.08. The molecule has 0 unspecified atom stereocenters. The van der Waals surface area contributed by atoms with Crippen LogP contribution in [0.1, 0.15) is 5.56 Å². The molecular weight excluding hydrogens is 164 g/mol. The van der Waals surface area contributed by atoms with Gasteiger partial charge in [0.05, 0.1) is 11.7 Å². The molecule has 0 aliphatic carbocycles. The van der Waals surface area contributed by atoms with E-state index in [9.17, 15) is 0 Å². The predicted octanol–water partition coefficient (Wildman–Crippen LogP) is 0.491. The topological polar surface area (TPSA) is 42.2 Å². The first-order valence-corrected chi connectivity index (χ1v) is 4.32. The normalized spacial score (nSPS) is 10.8. The second kappa shape index (κ2) is 3.53. The third kappa shape index (κ3) is 1.53. The van der Waals surface area contributed by atoms with Gasteiger partial charge in [-0.1, -0.05) is 0 Å². The molecule has 0 radical (unpaired) electrons. The molecule has 2 heterocycles. The van der Waals surface area contributed by atoms with Gasteiger partial charge in [0.15, 0.2) is 0 Å². The molecule has 2 rings (SSSR count). The monoisotopic (exact) mass is 176 g/mol. The zero-order chi connectivity index (χ0) is 9.10. The SMILES string of the molecule is CNCCc1ccn2ncncc12. The highest BCUT2D eigenvalue weighted by molar-refractivity contribution is 5.52. The minimum absolute atomic E-state index is 0.981. The van der Waals surface area contributed by atoms with E-state index >= 15 is 0 Å². The first kappa shape index (κ1) is 8.19. The Kier molecular flexibility index (Phi) is 2.23. The average molecular weight is 176 g/mol. The van der Waals surface area contributed by atoms with Crippen molar-refractivity contribution in [3.63, 3.8) is 0 Å². The van der Waals surface area contributed by atoms with Crippen molar-refractivity contribution in [1.29, 1.82) is 0 Å². The highest BCUT2D eigenvalue weighted by Gasteiger charge is 2.01. The molecule has 0 aliphatic rings. The van der Waals surface area contributed by atoms with Crippen molar-refractivity contribution in [2.24, 2.45) is 0 Å². The molecule has 0 aromatic carbocycles. The summed E-state index contributed by atoms with van der Waals surface area (Å²) in [5.41, 5.74) is 2.38. The average Bonchev–Trinajstić information content (AvgIpc) is 2.58. The molecule has 68 valence electrons. The van der Waals surface area contributed by atoms with Crippen molar-refractivity contribution in [2.45, 2.75) is 6.42 Å². The molecule has 0 aliphatic heterocycles. The number of likely N-dealkylation sites (N-methyl/N-ethyl adjacent to an activating group) is 1. The number of nitrogens with zero attached hydrogens (tertiary/aromatic N) is 3. The Morgan fingerprint density at radius 2 is 2.46 bits per heavy atom. The lowest BCUT2D eigenvalue weighted by atomic mass is 10.2. The standard InChI is InChI=1S/C9H12N4/c1-10-4-2-8-3-5-13-9(8)6-11-7-12-13/h3,5-7,10H,2,4H2,1H3. The molecule has 0 saturated carbocycles. The Balaban J connectivity index is 2.35. The summed E-state index contributed by atoms with van der Waals surface area (Å²) in [7, 11) is 1.95.